The number of thioether (sulfide) groups is 1. The zero-order chi connectivity index (χ0) is 11.6. The zero-order valence-corrected chi connectivity index (χ0v) is 11.0. The van der Waals surface area contributed by atoms with Gasteiger partial charge in [-0.1, -0.05) is 0 Å². The molecule has 0 unspecified atom stereocenters. The average Bonchev–Trinajstić information content (AvgIpc) is 2.14. The van der Waals surface area contributed by atoms with Crippen LogP contribution in [0.15, 0.2) is 0 Å². The average molecular weight is 235 g/mol. The van der Waals surface area contributed by atoms with E-state index >= 15 is 0 Å². The van der Waals surface area contributed by atoms with Crippen LogP contribution < -0.4 is 5.32 Å². The van der Waals surface area contributed by atoms with Gasteiger partial charge in [0.1, 0.15) is 0 Å². The minimum atomic E-state index is -0.0302. The Morgan fingerprint density at radius 1 is 1.20 bits per heavy atom. The van der Waals surface area contributed by atoms with E-state index < -0.39 is 0 Å². The minimum absolute atomic E-state index is 0.0302. The van der Waals surface area contributed by atoms with Gasteiger partial charge in [-0.3, -0.25) is 0 Å². The monoisotopic (exact) mass is 235 g/mol. The molecule has 0 atom stereocenters. The second-order valence-corrected chi connectivity index (χ2v) is 5.63. The lowest BCUT2D eigenvalue weighted by atomic mass is 10.2. The Bertz CT molecular complexity index is 137. The van der Waals surface area contributed by atoms with Crippen molar-refractivity contribution in [2.75, 3.05) is 37.8 Å². The first kappa shape index (κ1) is 15.2. The van der Waals surface area contributed by atoms with Crippen LogP contribution in [0.1, 0.15) is 27.2 Å². The van der Waals surface area contributed by atoms with E-state index in [-0.39, 0.29) is 5.60 Å². The maximum Gasteiger partial charge on any atom is 0.0599 e. The van der Waals surface area contributed by atoms with E-state index in [0.29, 0.717) is 6.61 Å². The van der Waals surface area contributed by atoms with Gasteiger partial charge in [0.05, 0.1) is 12.2 Å². The Morgan fingerprint density at radius 2 is 1.93 bits per heavy atom. The lowest BCUT2D eigenvalue weighted by Gasteiger charge is -2.19. The van der Waals surface area contributed by atoms with Crippen molar-refractivity contribution < 1.29 is 9.84 Å². The Balaban J connectivity index is 2.99. The number of aliphatic hydroxyl groups is 1. The molecule has 15 heavy (non-hydrogen) atoms. The molecule has 0 aromatic rings. The van der Waals surface area contributed by atoms with E-state index in [1.54, 1.807) is 0 Å². The molecular weight excluding hydrogens is 210 g/mol. The summed E-state index contributed by atoms with van der Waals surface area (Å²) in [5, 5.41) is 11.9. The molecule has 0 aromatic carbocycles. The number of rotatable bonds is 9. The maximum absolute atomic E-state index is 8.57. The van der Waals surface area contributed by atoms with E-state index in [1.807, 2.05) is 11.8 Å². The molecule has 0 fully saturated rings. The number of nitrogens with one attached hydrogen (secondary N) is 1. The highest BCUT2D eigenvalue weighted by molar-refractivity contribution is 7.99. The molecule has 0 saturated heterocycles. The molecule has 92 valence electrons. The van der Waals surface area contributed by atoms with Crippen molar-refractivity contribution in [3.05, 3.63) is 0 Å². The van der Waals surface area contributed by atoms with E-state index in [2.05, 4.69) is 26.1 Å². The van der Waals surface area contributed by atoms with Crippen molar-refractivity contribution in [3.8, 4) is 0 Å². The molecule has 0 aliphatic carbocycles. The number of aliphatic hydroxyl groups excluding tert-OH is 1. The van der Waals surface area contributed by atoms with Crippen molar-refractivity contribution in [2.45, 2.75) is 32.8 Å². The van der Waals surface area contributed by atoms with Crippen molar-refractivity contribution in [3.63, 3.8) is 0 Å². The first-order chi connectivity index (χ1) is 7.06. The summed E-state index contributed by atoms with van der Waals surface area (Å²) < 4.78 is 5.57. The first-order valence-electron chi connectivity index (χ1n) is 5.59. The first-order valence-corrected chi connectivity index (χ1v) is 6.75. The quantitative estimate of drug-likeness (QED) is 0.594. The van der Waals surface area contributed by atoms with Gasteiger partial charge < -0.3 is 15.2 Å². The molecule has 0 rings (SSSR count). The Labute approximate surface area is 98.0 Å². The number of ether oxygens (including phenoxy) is 1. The summed E-state index contributed by atoms with van der Waals surface area (Å²) in [5.74, 6) is 2.16. The van der Waals surface area contributed by atoms with Crippen LogP contribution in [0.5, 0.6) is 0 Å². The van der Waals surface area contributed by atoms with Crippen molar-refractivity contribution >= 4 is 11.8 Å². The van der Waals surface area contributed by atoms with Gasteiger partial charge in [-0.2, -0.15) is 11.8 Å². The van der Waals surface area contributed by atoms with Crippen molar-refractivity contribution in [2.24, 2.45) is 0 Å². The van der Waals surface area contributed by atoms with E-state index in [9.17, 15) is 0 Å². The summed E-state index contributed by atoms with van der Waals surface area (Å²) in [6.45, 7) is 9.21. The molecule has 0 radical (unpaired) electrons. The fraction of sp³-hybridized carbons (Fsp3) is 1.00. The Hall–Kier alpha value is 0.230. The third-order valence-electron chi connectivity index (χ3n) is 1.68. The van der Waals surface area contributed by atoms with Gasteiger partial charge in [-0.05, 0) is 32.9 Å². The van der Waals surface area contributed by atoms with E-state index in [1.165, 1.54) is 0 Å². The fourth-order valence-corrected chi connectivity index (χ4v) is 1.79. The summed E-state index contributed by atoms with van der Waals surface area (Å²) in [6.07, 6.45) is 0.901. The van der Waals surface area contributed by atoms with Gasteiger partial charge in [0, 0.05) is 25.4 Å². The molecule has 4 heteroatoms. The summed E-state index contributed by atoms with van der Waals surface area (Å²) in [6, 6.07) is 0. The van der Waals surface area contributed by atoms with Gasteiger partial charge >= 0.3 is 0 Å². The number of hydrogen-bond acceptors (Lipinski definition) is 4. The lowest BCUT2D eigenvalue weighted by molar-refractivity contribution is -0.000607. The van der Waals surface area contributed by atoms with E-state index in [4.69, 9.17) is 9.84 Å². The minimum Gasteiger partial charge on any atom is -0.396 e. The predicted octanol–water partition coefficient (Wildman–Crippen LogP) is 1.51. The molecule has 3 nitrogen and oxygen atoms in total. The zero-order valence-electron chi connectivity index (χ0n) is 10.2. The molecular formula is C11H25NO2S. The topological polar surface area (TPSA) is 41.5 Å². The van der Waals surface area contributed by atoms with Crippen LogP contribution in [0.4, 0.5) is 0 Å². The fourth-order valence-electron chi connectivity index (χ4n) is 0.967. The van der Waals surface area contributed by atoms with Crippen LogP contribution in [-0.4, -0.2) is 48.5 Å². The van der Waals surface area contributed by atoms with Gasteiger partial charge in [-0.15, -0.1) is 0 Å². The molecule has 0 aliphatic rings. The van der Waals surface area contributed by atoms with Gasteiger partial charge in [0.2, 0.25) is 0 Å². The molecule has 0 bridgehead atoms. The molecule has 0 amide bonds. The molecule has 0 aliphatic heterocycles. The molecule has 2 N–H and O–H groups in total. The summed E-state index contributed by atoms with van der Waals surface area (Å²) in [7, 11) is 0. The van der Waals surface area contributed by atoms with Crippen LogP contribution in [0.25, 0.3) is 0 Å². The summed E-state index contributed by atoms with van der Waals surface area (Å²) in [4.78, 5) is 0. The normalized spacial score (nSPS) is 12.0. The summed E-state index contributed by atoms with van der Waals surface area (Å²) >= 11 is 1.88. The second kappa shape index (κ2) is 9.46. The third-order valence-corrected chi connectivity index (χ3v) is 2.75. The van der Waals surface area contributed by atoms with E-state index in [0.717, 1.165) is 37.6 Å². The predicted molar refractivity (Wildman–Crippen MR) is 67.6 cm³/mol. The van der Waals surface area contributed by atoms with Crippen LogP contribution in [0, 0.1) is 0 Å². The van der Waals surface area contributed by atoms with Crippen LogP contribution >= 0.6 is 11.8 Å². The highest BCUT2D eigenvalue weighted by Gasteiger charge is 2.08. The van der Waals surface area contributed by atoms with Gasteiger partial charge in [0.15, 0.2) is 0 Å². The van der Waals surface area contributed by atoms with Crippen LogP contribution in [0.2, 0.25) is 0 Å². The largest absolute Gasteiger partial charge is 0.396 e. The SMILES string of the molecule is CC(C)(C)OCCNCCSCCCO. The Kier molecular flexibility index (Phi) is 9.60. The van der Waals surface area contributed by atoms with Crippen LogP contribution in [0.3, 0.4) is 0 Å². The maximum atomic E-state index is 8.57. The molecule has 0 spiro atoms. The second-order valence-electron chi connectivity index (χ2n) is 4.40. The van der Waals surface area contributed by atoms with Gasteiger partial charge in [0.25, 0.3) is 0 Å². The standard InChI is InChI=1S/C11H25NO2S/c1-11(2,3)14-8-5-12-6-10-15-9-4-7-13/h12-13H,4-10H2,1-3H3. The van der Waals surface area contributed by atoms with Crippen LogP contribution in [-0.2, 0) is 4.74 Å². The molecule has 0 saturated carbocycles. The molecule has 0 heterocycles. The highest BCUT2D eigenvalue weighted by Crippen LogP contribution is 2.05. The third kappa shape index (κ3) is 14.2. The van der Waals surface area contributed by atoms with Crippen molar-refractivity contribution in [1.82, 2.24) is 5.32 Å². The highest BCUT2D eigenvalue weighted by atomic mass is 32.2. The number of hydrogen-bond donors (Lipinski definition) is 2. The van der Waals surface area contributed by atoms with Crippen molar-refractivity contribution in [1.29, 1.82) is 0 Å². The summed E-state index contributed by atoms with van der Waals surface area (Å²) in [5.41, 5.74) is -0.0302. The van der Waals surface area contributed by atoms with Gasteiger partial charge in [-0.25, -0.2) is 0 Å². The lowest BCUT2D eigenvalue weighted by Crippen LogP contribution is -2.27. The Morgan fingerprint density at radius 3 is 2.53 bits per heavy atom. The molecule has 0 aromatic heterocycles. The smallest absolute Gasteiger partial charge is 0.0599 e.